The molecule has 1 rings (SSSR count). The molecule has 0 aliphatic carbocycles. The average molecular weight is 269 g/mol. The molecule has 0 aliphatic heterocycles. The van der Waals surface area contributed by atoms with Gasteiger partial charge in [-0.2, -0.15) is 5.26 Å². The molecule has 0 unspecified atom stereocenters. The van der Waals surface area contributed by atoms with Gasteiger partial charge < -0.3 is 9.64 Å². The van der Waals surface area contributed by atoms with Crippen molar-refractivity contribution in [2.75, 3.05) is 31.7 Å². The van der Waals surface area contributed by atoms with Crippen molar-refractivity contribution in [3.63, 3.8) is 0 Å². The topological polar surface area (TPSA) is 62.0 Å². The fourth-order valence-corrected chi connectivity index (χ4v) is 1.76. The number of hydrogen-bond acceptors (Lipinski definition) is 5. The first kappa shape index (κ1) is 14.7. The third-order valence-electron chi connectivity index (χ3n) is 2.61. The molecule has 1 aromatic rings. The molecule has 1 aromatic heterocycles. The summed E-state index contributed by atoms with van der Waals surface area (Å²) in [6.45, 7) is 5.51. The van der Waals surface area contributed by atoms with E-state index < -0.39 is 0 Å². The van der Waals surface area contributed by atoms with E-state index in [9.17, 15) is 0 Å². The summed E-state index contributed by atoms with van der Waals surface area (Å²) < 4.78 is 5.05. The molecule has 0 saturated carbocycles. The van der Waals surface area contributed by atoms with Gasteiger partial charge in [0.05, 0.1) is 30.5 Å². The zero-order valence-electron chi connectivity index (χ0n) is 10.9. The van der Waals surface area contributed by atoms with Crippen LogP contribution in [0.5, 0.6) is 0 Å². The van der Waals surface area contributed by atoms with Crippen LogP contribution in [0.2, 0.25) is 5.15 Å². The minimum Gasteiger partial charge on any atom is -0.383 e. The number of nitrogens with zero attached hydrogens (tertiary/aromatic N) is 4. The van der Waals surface area contributed by atoms with Gasteiger partial charge in [0.25, 0.3) is 0 Å². The van der Waals surface area contributed by atoms with Gasteiger partial charge in [0.2, 0.25) is 0 Å². The van der Waals surface area contributed by atoms with E-state index in [4.69, 9.17) is 21.6 Å². The fraction of sp³-hybridized carbons (Fsp3) is 0.583. The molecule has 0 aliphatic rings. The second-order valence-corrected chi connectivity index (χ2v) is 4.25. The van der Waals surface area contributed by atoms with Gasteiger partial charge in [-0.3, -0.25) is 0 Å². The lowest BCUT2D eigenvalue weighted by molar-refractivity contribution is 0.205. The lowest BCUT2D eigenvalue weighted by atomic mass is 10.3. The molecule has 6 heteroatoms. The van der Waals surface area contributed by atoms with E-state index >= 15 is 0 Å². The number of halogens is 1. The highest BCUT2D eigenvalue weighted by Crippen LogP contribution is 2.22. The number of rotatable bonds is 6. The lowest BCUT2D eigenvalue weighted by Crippen LogP contribution is -2.29. The van der Waals surface area contributed by atoms with E-state index in [-0.39, 0.29) is 0 Å². The normalized spacial score (nSPS) is 10.2. The van der Waals surface area contributed by atoms with Gasteiger partial charge in [-0.25, -0.2) is 9.97 Å². The molecule has 0 spiro atoms. The Morgan fingerprint density at radius 3 is 2.56 bits per heavy atom. The van der Waals surface area contributed by atoms with Crippen LogP contribution in [0.15, 0.2) is 0 Å². The van der Waals surface area contributed by atoms with E-state index in [0.29, 0.717) is 37.1 Å². The predicted octanol–water partition coefficient (Wildman–Crippen LogP) is 2.11. The number of methoxy groups -OCH3 is 1. The zero-order valence-corrected chi connectivity index (χ0v) is 11.7. The van der Waals surface area contributed by atoms with Crippen LogP contribution >= 0.6 is 11.6 Å². The Labute approximate surface area is 112 Å². The maximum Gasteiger partial charge on any atom is 0.171 e. The molecule has 0 N–H and O–H groups in total. The Kier molecular flexibility index (Phi) is 5.83. The van der Waals surface area contributed by atoms with Crippen LogP contribution < -0.4 is 4.90 Å². The van der Waals surface area contributed by atoms with Crippen LogP contribution in [-0.4, -0.2) is 36.8 Å². The van der Waals surface area contributed by atoms with Crippen molar-refractivity contribution in [3.05, 3.63) is 16.5 Å². The molecule has 0 radical (unpaired) electrons. The van der Waals surface area contributed by atoms with Gasteiger partial charge in [0.1, 0.15) is 0 Å². The van der Waals surface area contributed by atoms with Gasteiger partial charge in [-0.15, -0.1) is 0 Å². The van der Waals surface area contributed by atoms with E-state index in [1.165, 1.54) is 0 Å². The maximum atomic E-state index is 8.68. The Morgan fingerprint density at radius 2 is 1.94 bits per heavy atom. The van der Waals surface area contributed by atoms with Crippen molar-refractivity contribution >= 4 is 17.4 Å². The van der Waals surface area contributed by atoms with Crippen LogP contribution in [-0.2, 0) is 4.74 Å². The van der Waals surface area contributed by atoms with Crippen LogP contribution in [0, 0.1) is 25.2 Å². The summed E-state index contributed by atoms with van der Waals surface area (Å²) in [4.78, 5) is 10.6. The molecule has 0 atom stereocenters. The van der Waals surface area contributed by atoms with Crippen molar-refractivity contribution < 1.29 is 4.74 Å². The molecule has 5 nitrogen and oxygen atoms in total. The monoisotopic (exact) mass is 268 g/mol. The molecule has 0 bridgehead atoms. The number of anilines is 1. The first-order valence-electron chi connectivity index (χ1n) is 5.71. The summed E-state index contributed by atoms with van der Waals surface area (Å²) >= 11 is 6.12. The Hall–Kier alpha value is -1.38. The molecule has 0 fully saturated rings. The minimum atomic E-state index is 0.368. The van der Waals surface area contributed by atoms with Crippen molar-refractivity contribution in [1.29, 1.82) is 5.26 Å². The zero-order chi connectivity index (χ0) is 13.5. The first-order chi connectivity index (χ1) is 8.60. The van der Waals surface area contributed by atoms with Crippen molar-refractivity contribution in [3.8, 4) is 6.07 Å². The van der Waals surface area contributed by atoms with Gasteiger partial charge in [0, 0.05) is 20.2 Å². The van der Waals surface area contributed by atoms with Crippen molar-refractivity contribution in [2.45, 2.75) is 20.3 Å². The molecular formula is C12H17ClN4O. The molecule has 0 saturated heterocycles. The van der Waals surface area contributed by atoms with Crippen LogP contribution in [0.3, 0.4) is 0 Å². The number of hydrogen-bond donors (Lipinski definition) is 0. The highest BCUT2D eigenvalue weighted by molar-refractivity contribution is 6.31. The average Bonchev–Trinajstić information content (AvgIpc) is 2.35. The predicted molar refractivity (Wildman–Crippen MR) is 70.8 cm³/mol. The van der Waals surface area contributed by atoms with Gasteiger partial charge in [-0.1, -0.05) is 11.6 Å². The standard InChI is InChI=1S/C12H17ClN4O/c1-9-10(2)16-12(11(13)15-9)17(6-4-5-14)7-8-18-3/h4,6-8H2,1-3H3. The summed E-state index contributed by atoms with van der Waals surface area (Å²) in [7, 11) is 1.64. The number of aromatic nitrogens is 2. The van der Waals surface area contributed by atoms with Gasteiger partial charge in [-0.05, 0) is 13.8 Å². The second kappa shape index (κ2) is 7.14. The summed E-state index contributed by atoms with van der Waals surface area (Å²) in [5.74, 6) is 0.618. The molecule has 0 aromatic carbocycles. The Morgan fingerprint density at radius 1 is 1.28 bits per heavy atom. The van der Waals surface area contributed by atoms with Crippen LogP contribution in [0.25, 0.3) is 0 Å². The highest BCUT2D eigenvalue weighted by Gasteiger charge is 2.14. The van der Waals surface area contributed by atoms with Crippen LogP contribution in [0.4, 0.5) is 5.82 Å². The largest absolute Gasteiger partial charge is 0.383 e. The van der Waals surface area contributed by atoms with E-state index in [2.05, 4.69) is 16.0 Å². The van der Waals surface area contributed by atoms with E-state index in [1.807, 2.05) is 18.7 Å². The third kappa shape index (κ3) is 3.83. The fourth-order valence-electron chi connectivity index (χ4n) is 1.48. The summed E-state index contributed by atoms with van der Waals surface area (Å²) in [5.41, 5.74) is 1.66. The highest BCUT2D eigenvalue weighted by atomic mass is 35.5. The Bertz CT molecular complexity index is 444. The maximum absolute atomic E-state index is 8.68. The smallest absolute Gasteiger partial charge is 0.171 e. The van der Waals surface area contributed by atoms with Gasteiger partial charge >= 0.3 is 0 Å². The third-order valence-corrected chi connectivity index (χ3v) is 2.86. The SMILES string of the molecule is COCCN(CCC#N)c1nc(C)c(C)nc1Cl. The minimum absolute atomic E-state index is 0.368. The molecular weight excluding hydrogens is 252 g/mol. The Balaban J connectivity index is 2.96. The van der Waals surface area contributed by atoms with Crippen molar-refractivity contribution in [2.24, 2.45) is 0 Å². The summed E-state index contributed by atoms with van der Waals surface area (Å²) in [6, 6.07) is 2.12. The molecule has 1 heterocycles. The molecule has 0 amide bonds. The molecule has 98 valence electrons. The number of nitriles is 1. The molecule has 18 heavy (non-hydrogen) atoms. The number of aryl methyl sites for hydroxylation is 2. The quantitative estimate of drug-likeness (QED) is 0.791. The second-order valence-electron chi connectivity index (χ2n) is 3.90. The van der Waals surface area contributed by atoms with Crippen LogP contribution in [0.1, 0.15) is 17.8 Å². The first-order valence-corrected chi connectivity index (χ1v) is 6.09. The lowest BCUT2D eigenvalue weighted by Gasteiger charge is -2.23. The van der Waals surface area contributed by atoms with E-state index in [1.54, 1.807) is 7.11 Å². The van der Waals surface area contributed by atoms with E-state index in [0.717, 1.165) is 11.4 Å². The van der Waals surface area contributed by atoms with Crippen molar-refractivity contribution in [1.82, 2.24) is 9.97 Å². The number of ether oxygens (including phenoxy) is 1. The summed E-state index contributed by atoms with van der Waals surface area (Å²) in [6.07, 6.45) is 0.411. The van der Waals surface area contributed by atoms with Gasteiger partial charge in [0.15, 0.2) is 11.0 Å². The summed E-state index contributed by atoms with van der Waals surface area (Å²) in [5, 5.41) is 9.05.